The molecule has 7 heteroatoms. The number of aryl methyl sites for hydroxylation is 1. The van der Waals surface area contributed by atoms with E-state index in [1.165, 1.54) is 16.9 Å². The SMILES string of the molecule is Cc1ncsc1-c1cc(C(=O)N2CCCC[C@H]2c2ncc(Cc3ccccc3)o2)ccn1. The van der Waals surface area contributed by atoms with Crippen molar-refractivity contribution in [3.8, 4) is 10.6 Å². The normalized spacial score (nSPS) is 16.3. The molecule has 1 aromatic carbocycles. The quantitative estimate of drug-likeness (QED) is 0.409. The summed E-state index contributed by atoms with van der Waals surface area (Å²) in [7, 11) is 0. The predicted molar refractivity (Wildman–Crippen MR) is 123 cm³/mol. The molecule has 0 spiro atoms. The van der Waals surface area contributed by atoms with Crippen molar-refractivity contribution in [3.05, 3.63) is 88.8 Å². The zero-order valence-electron chi connectivity index (χ0n) is 17.9. The lowest BCUT2D eigenvalue weighted by atomic mass is 10.0. The first-order valence-electron chi connectivity index (χ1n) is 10.8. The lowest BCUT2D eigenvalue weighted by Gasteiger charge is -2.33. The van der Waals surface area contributed by atoms with Crippen LogP contribution in [0, 0.1) is 6.92 Å². The van der Waals surface area contributed by atoms with E-state index < -0.39 is 0 Å². The molecule has 5 rings (SSSR count). The van der Waals surface area contributed by atoms with E-state index in [9.17, 15) is 4.79 Å². The van der Waals surface area contributed by atoms with Gasteiger partial charge in [0.1, 0.15) is 11.8 Å². The molecule has 1 amide bonds. The Morgan fingerprint density at radius 1 is 1.16 bits per heavy atom. The Bertz CT molecular complexity index is 1220. The fourth-order valence-corrected chi connectivity index (χ4v) is 4.96. The molecule has 1 atom stereocenters. The average Bonchev–Trinajstić information content (AvgIpc) is 3.48. The van der Waals surface area contributed by atoms with Gasteiger partial charge in [-0.15, -0.1) is 11.3 Å². The van der Waals surface area contributed by atoms with Crippen LogP contribution < -0.4 is 0 Å². The summed E-state index contributed by atoms with van der Waals surface area (Å²) >= 11 is 1.54. The van der Waals surface area contributed by atoms with Crippen molar-refractivity contribution in [2.75, 3.05) is 6.54 Å². The number of likely N-dealkylation sites (tertiary alicyclic amines) is 1. The fraction of sp³-hybridized carbons (Fsp3) is 0.280. The van der Waals surface area contributed by atoms with Crippen molar-refractivity contribution < 1.29 is 9.21 Å². The van der Waals surface area contributed by atoms with Gasteiger partial charge >= 0.3 is 0 Å². The first-order chi connectivity index (χ1) is 15.7. The highest BCUT2D eigenvalue weighted by molar-refractivity contribution is 7.13. The number of carbonyl (C=O) groups excluding carboxylic acids is 1. The first-order valence-corrected chi connectivity index (χ1v) is 11.7. The van der Waals surface area contributed by atoms with Crippen LogP contribution in [0.3, 0.4) is 0 Å². The maximum atomic E-state index is 13.5. The maximum absolute atomic E-state index is 13.5. The number of carbonyl (C=O) groups is 1. The summed E-state index contributed by atoms with van der Waals surface area (Å²) in [6.45, 7) is 2.65. The van der Waals surface area contributed by atoms with Gasteiger partial charge in [0.05, 0.1) is 28.0 Å². The van der Waals surface area contributed by atoms with Crippen molar-refractivity contribution in [2.24, 2.45) is 0 Å². The largest absolute Gasteiger partial charge is 0.443 e. The van der Waals surface area contributed by atoms with Crippen LogP contribution in [0.15, 0.2) is 64.8 Å². The summed E-state index contributed by atoms with van der Waals surface area (Å²) in [5, 5.41) is 0. The zero-order chi connectivity index (χ0) is 21.9. The predicted octanol–water partition coefficient (Wildman–Crippen LogP) is 5.46. The maximum Gasteiger partial charge on any atom is 0.254 e. The van der Waals surface area contributed by atoms with E-state index in [2.05, 4.69) is 27.1 Å². The number of nitrogens with zero attached hydrogens (tertiary/aromatic N) is 4. The summed E-state index contributed by atoms with van der Waals surface area (Å²) in [5.41, 5.74) is 5.32. The molecule has 162 valence electrons. The van der Waals surface area contributed by atoms with Crippen molar-refractivity contribution in [1.29, 1.82) is 0 Å². The summed E-state index contributed by atoms with van der Waals surface area (Å²) in [5.74, 6) is 1.43. The smallest absolute Gasteiger partial charge is 0.254 e. The fourth-order valence-electron chi connectivity index (χ4n) is 4.19. The van der Waals surface area contributed by atoms with E-state index in [0.717, 1.165) is 41.3 Å². The lowest BCUT2D eigenvalue weighted by molar-refractivity contribution is 0.0570. The van der Waals surface area contributed by atoms with Crippen LogP contribution >= 0.6 is 11.3 Å². The van der Waals surface area contributed by atoms with Gasteiger partial charge in [-0.25, -0.2) is 9.97 Å². The van der Waals surface area contributed by atoms with Crippen molar-refractivity contribution >= 4 is 17.2 Å². The van der Waals surface area contributed by atoms with Crippen molar-refractivity contribution in [2.45, 2.75) is 38.6 Å². The van der Waals surface area contributed by atoms with Crippen molar-refractivity contribution in [3.63, 3.8) is 0 Å². The second-order valence-electron chi connectivity index (χ2n) is 8.03. The Labute approximate surface area is 191 Å². The molecule has 1 saturated heterocycles. The number of thiazole rings is 1. The van der Waals surface area contributed by atoms with Crippen molar-refractivity contribution in [1.82, 2.24) is 19.9 Å². The van der Waals surface area contributed by atoms with Gasteiger partial charge < -0.3 is 9.32 Å². The van der Waals surface area contributed by atoms with Gasteiger partial charge in [-0.1, -0.05) is 30.3 Å². The Kier molecular flexibility index (Phi) is 5.81. The number of aromatic nitrogens is 3. The molecule has 0 N–H and O–H groups in total. The number of pyridine rings is 1. The Morgan fingerprint density at radius 2 is 2.03 bits per heavy atom. The monoisotopic (exact) mass is 444 g/mol. The van der Waals surface area contributed by atoms with Gasteiger partial charge in [0.2, 0.25) is 5.89 Å². The third kappa shape index (κ3) is 4.21. The van der Waals surface area contributed by atoms with Crippen LogP contribution in [0.1, 0.15) is 58.6 Å². The molecule has 0 saturated carbocycles. The van der Waals surface area contributed by atoms with Crippen LogP contribution in [-0.4, -0.2) is 32.3 Å². The van der Waals surface area contributed by atoms with E-state index in [1.54, 1.807) is 24.0 Å². The molecule has 4 aromatic rings. The molecule has 1 aliphatic rings. The van der Waals surface area contributed by atoms with Crippen LogP contribution in [-0.2, 0) is 6.42 Å². The molecule has 0 radical (unpaired) electrons. The van der Waals surface area contributed by atoms with Gasteiger partial charge in [-0.3, -0.25) is 9.78 Å². The Hall–Kier alpha value is -3.32. The van der Waals surface area contributed by atoms with E-state index >= 15 is 0 Å². The highest BCUT2D eigenvalue weighted by atomic mass is 32.1. The van der Waals surface area contributed by atoms with Gasteiger partial charge in [-0.05, 0) is 43.9 Å². The molecule has 4 heterocycles. The van der Waals surface area contributed by atoms with Gasteiger partial charge in [-0.2, -0.15) is 0 Å². The number of hydrogen-bond donors (Lipinski definition) is 0. The van der Waals surface area contributed by atoms with Crippen LogP contribution in [0.5, 0.6) is 0 Å². The molecule has 1 fully saturated rings. The van der Waals surface area contributed by atoms with Crippen LogP contribution in [0.4, 0.5) is 0 Å². The molecule has 3 aromatic heterocycles. The summed E-state index contributed by atoms with van der Waals surface area (Å²) < 4.78 is 6.12. The summed E-state index contributed by atoms with van der Waals surface area (Å²) in [6.07, 6.45) is 7.05. The molecular formula is C25H24N4O2S. The number of benzene rings is 1. The molecule has 0 unspecified atom stereocenters. The number of oxazole rings is 1. The van der Waals surface area contributed by atoms with E-state index in [1.807, 2.05) is 36.1 Å². The van der Waals surface area contributed by atoms with Crippen LogP contribution in [0.2, 0.25) is 0 Å². The molecule has 0 aliphatic carbocycles. The molecule has 1 aliphatic heterocycles. The third-order valence-corrected chi connectivity index (χ3v) is 6.78. The second-order valence-corrected chi connectivity index (χ2v) is 8.89. The zero-order valence-corrected chi connectivity index (χ0v) is 18.7. The molecule has 32 heavy (non-hydrogen) atoms. The van der Waals surface area contributed by atoms with Gasteiger partial charge in [0.25, 0.3) is 5.91 Å². The van der Waals surface area contributed by atoms with Gasteiger partial charge in [0.15, 0.2) is 0 Å². The first kappa shape index (κ1) is 20.6. The topological polar surface area (TPSA) is 72.1 Å². The molecular weight excluding hydrogens is 420 g/mol. The highest BCUT2D eigenvalue weighted by Crippen LogP contribution is 2.33. The van der Waals surface area contributed by atoms with E-state index in [4.69, 9.17) is 4.42 Å². The summed E-state index contributed by atoms with van der Waals surface area (Å²) in [6, 6.07) is 13.7. The second kappa shape index (κ2) is 9.04. The van der Waals surface area contributed by atoms with E-state index in [-0.39, 0.29) is 11.9 Å². The number of piperidine rings is 1. The number of rotatable bonds is 5. The highest BCUT2D eigenvalue weighted by Gasteiger charge is 2.32. The number of amides is 1. The standard InChI is InChI=1S/C25H24N4O2S/c1-17-23(32-16-28-17)21-14-19(10-11-26-21)25(30)29-12-6-5-9-22(29)24-27-15-20(31-24)13-18-7-3-2-4-8-18/h2-4,7-8,10-11,14-16,22H,5-6,9,12-13H2,1H3/t22-/m0/s1. The van der Waals surface area contributed by atoms with E-state index in [0.29, 0.717) is 24.4 Å². The Morgan fingerprint density at radius 3 is 2.84 bits per heavy atom. The lowest BCUT2D eigenvalue weighted by Crippen LogP contribution is -2.38. The Balaban J connectivity index is 1.38. The average molecular weight is 445 g/mol. The van der Waals surface area contributed by atoms with Gasteiger partial charge in [0, 0.05) is 24.7 Å². The minimum Gasteiger partial charge on any atom is -0.443 e. The number of hydrogen-bond acceptors (Lipinski definition) is 6. The minimum absolute atomic E-state index is 0.0108. The molecule has 0 bridgehead atoms. The minimum atomic E-state index is -0.150. The van der Waals surface area contributed by atoms with Crippen LogP contribution in [0.25, 0.3) is 10.6 Å². The molecule has 6 nitrogen and oxygen atoms in total. The summed E-state index contributed by atoms with van der Waals surface area (Å²) in [4.78, 5) is 29.7. The third-order valence-electron chi connectivity index (χ3n) is 5.83.